The van der Waals surface area contributed by atoms with Gasteiger partial charge in [-0.05, 0) is 43.4 Å². The van der Waals surface area contributed by atoms with Gasteiger partial charge in [-0.3, -0.25) is 4.79 Å². The van der Waals surface area contributed by atoms with Crippen LogP contribution in [0, 0.1) is 5.92 Å². The number of hydrogen-bond donors (Lipinski definition) is 2. The molecule has 0 spiro atoms. The highest BCUT2D eigenvalue weighted by Gasteiger charge is 2.39. The molecule has 2 amide bonds. The van der Waals surface area contributed by atoms with E-state index in [-0.39, 0.29) is 17.4 Å². The van der Waals surface area contributed by atoms with Gasteiger partial charge < -0.3 is 15.3 Å². The van der Waals surface area contributed by atoms with Gasteiger partial charge in [0, 0.05) is 29.5 Å². The lowest BCUT2D eigenvalue weighted by atomic mass is 9.64. The third-order valence-corrected chi connectivity index (χ3v) is 5.95. The maximum atomic E-state index is 12.4. The summed E-state index contributed by atoms with van der Waals surface area (Å²) in [6, 6.07) is 8.26. The molecule has 0 aromatic heterocycles. The van der Waals surface area contributed by atoms with Crippen LogP contribution in [0.25, 0.3) is 0 Å². The number of carboxylic acids is 1. The average Bonchev–Trinajstić information content (AvgIpc) is 2.54. The van der Waals surface area contributed by atoms with Crippen LogP contribution in [0.1, 0.15) is 37.7 Å². The minimum absolute atomic E-state index is 0.0405. The summed E-state index contributed by atoms with van der Waals surface area (Å²) in [5, 5.41) is 12.1. The predicted octanol–water partition coefficient (Wildman–Crippen LogP) is 3.38. The lowest BCUT2D eigenvalue weighted by Crippen LogP contribution is -2.51. The number of benzene rings is 1. The summed E-state index contributed by atoms with van der Waals surface area (Å²) >= 11 is 3.52. The standard InChI is InChI=1S/C18H23BrN2O3/c19-15-4-1-3-14(11-15)18(7-2-8-18)12-20-17(24)21-9-5-13(6-10-21)16(22)23/h1,3-4,11,13H,2,5-10,12H2,(H,20,24)(H,22,23). The highest BCUT2D eigenvalue weighted by atomic mass is 79.9. The molecule has 6 heteroatoms. The van der Waals surface area contributed by atoms with Crippen molar-refractivity contribution in [2.24, 2.45) is 5.92 Å². The fraction of sp³-hybridized carbons (Fsp3) is 0.556. The summed E-state index contributed by atoms with van der Waals surface area (Å²) in [6.45, 7) is 1.68. The van der Waals surface area contributed by atoms with E-state index in [1.807, 2.05) is 12.1 Å². The number of piperidine rings is 1. The zero-order chi connectivity index (χ0) is 17.2. The molecule has 0 unspecified atom stereocenters. The van der Waals surface area contributed by atoms with Crippen molar-refractivity contribution >= 4 is 27.9 Å². The number of urea groups is 1. The first-order chi connectivity index (χ1) is 11.5. The number of amides is 2. The van der Waals surface area contributed by atoms with E-state index in [0.717, 1.165) is 17.3 Å². The number of likely N-dealkylation sites (tertiary alicyclic amines) is 1. The molecular formula is C18H23BrN2O3. The van der Waals surface area contributed by atoms with Crippen LogP contribution in [-0.4, -0.2) is 41.6 Å². The van der Waals surface area contributed by atoms with E-state index >= 15 is 0 Å². The second-order valence-corrected chi connectivity index (χ2v) is 7.82. The lowest BCUT2D eigenvalue weighted by molar-refractivity contribution is -0.143. The van der Waals surface area contributed by atoms with Crippen LogP contribution in [0.5, 0.6) is 0 Å². The molecule has 1 aromatic carbocycles. The van der Waals surface area contributed by atoms with Gasteiger partial charge in [0.25, 0.3) is 0 Å². The number of carbonyl (C=O) groups excluding carboxylic acids is 1. The van der Waals surface area contributed by atoms with E-state index in [4.69, 9.17) is 5.11 Å². The molecular weight excluding hydrogens is 372 g/mol. The minimum Gasteiger partial charge on any atom is -0.481 e. The summed E-state index contributed by atoms with van der Waals surface area (Å²) < 4.78 is 1.06. The Hall–Kier alpha value is -1.56. The number of carboxylic acid groups (broad SMARTS) is 1. The van der Waals surface area contributed by atoms with Crippen LogP contribution >= 0.6 is 15.9 Å². The molecule has 1 aliphatic carbocycles. The van der Waals surface area contributed by atoms with Crippen LogP contribution in [0.4, 0.5) is 4.79 Å². The molecule has 130 valence electrons. The molecule has 0 radical (unpaired) electrons. The zero-order valence-corrected chi connectivity index (χ0v) is 15.2. The SMILES string of the molecule is O=C(O)C1CCN(C(=O)NCC2(c3cccc(Br)c3)CCC2)CC1. The van der Waals surface area contributed by atoms with E-state index in [2.05, 4.69) is 33.4 Å². The van der Waals surface area contributed by atoms with Crippen molar-refractivity contribution in [2.45, 2.75) is 37.5 Å². The van der Waals surface area contributed by atoms with Gasteiger partial charge in [-0.15, -0.1) is 0 Å². The fourth-order valence-electron chi connectivity index (χ4n) is 3.68. The van der Waals surface area contributed by atoms with E-state index in [0.29, 0.717) is 32.5 Å². The van der Waals surface area contributed by atoms with Crippen molar-refractivity contribution < 1.29 is 14.7 Å². The summed E-state index contributed by atoms with van der Waals surface area (Å²) in [4.78, 5) is 25.2. The van der Waals surface area contributed by atoms with Crippen LogP contribution in [0.15, 0.2) is 28.7 Å². The van der Waals surface area contributed by atoms with Gasteiger partial charge in [-0.25, -0.2) is 4.79 Å². The number of rotatable bonds is 4. The Labute approximate surface area is 150 Å². The number of aliphatic carboxylic acids is 1. The number of carbonyl (C=O) groups is 2. The van der Waals surface area contributed by atoms with Gasteiger partial charge in [-0.2, -0.15) is 0 Å². The molecule has 0 atom stereocenters. The molecule has 0 bridgehead atoms. The first-order valence-electron chi connectivity index (χ1n) is 8.52. The Kier molecular flexibility index (Phi) is 5.13. The molecule has 1 aromatic rings. The predicted molar refractivity (Wildman–Crippen MR) is 95.0 cm³/mol. The Morgan fingerprint density at radius 3 is 2.54 bits per heavy atom. The second-order valence-electron chi connectivity index (χ2n) is 6.90. The van der Waals surface area contributed by atoms with Crippen molar-refractivity contribution in [1.29, 1.82) is 0 Å². The number of halogens is 1. The lowest BCUT2D eigenvalue weighted by Gasteiger charge is -2.43. The first kappa shape index (κ1) is 17.3. The number of hydrogen-bond acceptors (Lipinski definition) is 2. The smallest absolute Gasteiger partial charge is 0.317 e. The zero-order valence-electron chi connectivity index (χ0n) is 13.6. The molecule has 24 heavy (non-hydrogen) atoms. The van der Waals surface area contributed by atoms with Gasteiger partial charge in [0.1, 0.15) is 0 Å². The molecule has 1 aliphatic heterocycles. The third-order valence-electron chi connectivity index (χ3n) is 5.46. The fourth-order valence-corrected chi connectivity index (χ4v) is 4.07. The Bertz CT molecular complexity index is 622. The first-order valence-corrected chi connectivity index (χ1v) is 9.31. The summed E-state index contributed by atoms with van der Waals surface area (Å²) in [5.74, 6) is -1.06. The quantitative estimate of drug-likeness (QED) is 0.821. The van der Waals surface area contributed by atoms with Crippen molar-refractivity contribution in [3.05, 3.63) is 34.3 Å². The Balaban J connectivity index is 1.56. The van der Waals surface area contributed by atoms with Crippen molar-refractivity contribution in [3.8, 4) is 0 Å². The van der Waals surface area contributed by atoms with Gasteiger partial charge in [0.05, 0.1) is 5.92 Å². The topological polar surface area (TPSA) is 69.6 Å². The molecule has 5 nitrogen and oxygen atoms in total. The second kappa shape index (κ2) is 7.13. The third kappa shape index (κ3) is 3.58. The highest BCUT2D eigenvalue weighted by molar-refractivity contribution is 9.10. The summed E-state index contributed by atoms with van der Waals surface area (Å²) in [7, 11) is 0. The van der Waals surface area contributed by atoms with Gasteiger partial charge >= 0.3 is 12.0 Å². The molecule has 1 saturated carbocycles. The van der Waals surface area contributed by atoms with Gasteiger partial charge in [0.2, 0.25) is 0 Å². The van der Waals surface area contributed by atoms with Crippen molar-refractivity contribution in [1.82, 2.24) is 10.2 Å². The van der Waals surface area contributed by atoms with E-state index in [1.54, 1.807) is 4.90 Å². The van der Waals surface area contributed by atoms with Crippen molar-refractivity contribution in [3.63, 3.8) is 0 Å². The normalized spacial score (nSPS) is 20.3. The monoisotopic (exact) mass is 394 g/mol. The molecule has 1 heterocycles. The molecule has 2 aliphatic rings. The molecule has 1 saturated heterocycles. The van der Waals surface area contributed by atoms with Crippen LogP contribution < -0.4 is 5.32 Å². The number of nitrogens with zero attached hydrogens (tertiary/aromatic N) is 1. The molecule has 2 fully saturated rings. The highest BCUT2D eigenvalue weighted by Crippen LogP contribution is 2.43. The van der Waals surface area contributed by atoms with E-state index in [9.17, 15) is 9.59 Å². The van der Waals surface area contributed by atoms with Gasteiger partial charge in [-0.1, -0.05) is 34.5 Å². The number of nitrogens with one attached hydrogen (secondary N) is 1. The average molecular weight is 395 g/mol. The maximum Gasteiger partial charge on any atom is 0.317 e. The van der Waals surface area contributed by atoms with Crippen molar-refractivity contribution in [2.75, 3.05) is 19.6 Å². The largest absolute Gasteiger partial charge is 0.481 e. The minimum atomic E-state index is -0.752. The Morgan fingerprint density at radius 1 is 1.29 bits per heavy atom. The van der Waals surface area contributed by atoms with E-state index in [1.165, 1.54) is 12.0 Å². The van der Waals surface area contributed by atoms with Crippen LogP contribution in [-0.2, 0) is 10.2 Å². The Morgan fingerprint density at radius 2 is 2.00 bits per heavy atom. The molecule has 3 rings (SSSR count). The summed E-state index contributed by atoms with van der Waals surface area (Å²) in [6.07, 6.45) is 4.45. The van der Waals surface area contributed by atoms with Crippen LogP contribution in [0.3, 0.4) is 0 Å². The van der Waals surface area contributed by atoms with E-state index < -0.39 is 5.97 Å². The summed E-state index contributed by atoms with van der Waals surface area (Å²) in [5.41, 5.74) is 1.31. The maximum absolute atomic E-state index is 12.4. The molecule has 2 N–H and O–H groups in total. The van der Waals surface area contributed by atoms with Crippen LogP contribution in [0.2, 0.25) is 0 Å². The van der Waals surface area contributed by atoms with Gasteiger partial charge in [0.15, 0.2) is 0 Å².